The number of carbonyl (C=O) groups excluding carboxylic acids is 1. The lowest BCUT2D eigenvalue weighted by Gasteiger charge is -2.10. The van der Waals surface area contributed by atoms with Gasteiger partial charge in [0.15, 0.2) is 0 Å². The van der Waals surface area contributed by atoms with Gasteiger partial charge in [-0.25, -0.2) is 0 Å². The van der Waals surface area contributed by atoms with Gasteiger partial charge in [-0.1, -0.05) is 18.2 Å². The Bertz CT molecular complexity index is 546. The molecule has 4 nitrogen and oxygen atoms in total. The van der Waals surface area contributed by atoms with Gasteiger partial charge in [-0.05, 0) is 30.7 Å². The molecule has 0 aliphatic carbocycles. The number of nitrogens with zero attached hydrogens (tertiary/aromatic N) is 1. The molecule has 0 spiro atoms. The fraction of sp³-hybridized carbons (Fsp3) is 0.214. The molecule has 0 saturated heterocycles. The number of anilines is 1. The van der Waals surface area contributed by atoms with Gasteiger partial charge < -0.3 is 15.0 Å². The van der Waals surface area contributed by atoms with E-state index >= 15 is 0 Å². The van der Waals surface area contributed by atoms with Gasteiger partial charge in [-0.15, -0.1) is 0 Å². The van der Waals surface area contributed by atoms with Crippen LogP contribution in [0.15, 0.2) is 42.6 Å². The van der Waals surface area contributed by atoms with E-state index in [0.29, 0.717) is 0 Å². The third kappa shape index (κ3) is 2.78. The maximum Gasteiger partial charge on any atom is 0.244 e. The summed E-state index contributed by atoms with van der Waals surface area (Å²) in [5.41, 5.74) is 2.58. The van der Waals surface area contributed by atoms with Gasteiger partial charge >= 0.3 is 0 Å². The summed E-state index contributed by atoms with van der Waals surface area (Å²) >= 11 is 0. The Morgan fingerprint density at radius 2 is 2.06 bits per heavy atom. The van der Waals surface area contributed by atoms with Gasteiger partial charge in [0.2, 0.25) is 5.91 Å². The van der Waals surface area contributed by atoms with Crippen LogP contribution in [-0.4, -0.2) is 15.6 Å². The molecule has 0 aliphatic rings. The van der Waals surface area contributed by atoms with Crippen molar-refractivity contribution in [3.05, 3.63) is 53.9 Å². The van der Waals surface area contributed by atoms with E-state index in [-0.39, 0.29) is 19.1 Å². The average molecular weight is 244 g/mol. The first-order valence-electron chi connectivity index (χ1n) is 5.81. The SMILES string of the molecule is Cc1ccccc1NC(=O)Cn1cccc1CO. The minimum absolute atomic E-state index is 0.0648. The van der Waals surface area contributed by atoms with Gasteiger partial charge in [0.25, 0.3) is 0 Å². The highest BCUT2D eigenvalue weighted by atomic mass is 16.3. The first-order chi connectivity index (χ1) is 8.70. The van der Waals surface area contributed by atoms with E-state index in [0.717, 1.165) is 16.9 Å². The molecular weight excluding hydrogens is 228 g/mol. The first kappa shape index (κ1) is 12.4. The van der Waals surface area contributed by atoms with Crippen LogP contribution in [0.5, 0.6) is 0 Å². The van der Waals surface area contributed by atoms with Crippen molar-refractivity contribution in [1.29, 1.82) is 0 Å². The van der Waals surface area contributed by atoms with Gasteiger partial charge in [0.1, 0.15) is 6.54 Å². The van der Waals surface area contributed by atoms with E-state index in [2.05, 4.69) is 5.32 Å². The molecule has 2 N–H and O–H groups in total. The number of aliphatic hydroxyl groups excluding tert-OH is 1. The van der Waals surface area contributed by atoms with Crippen LogP contribution in [0.3, 0.4) is 0 Å². The molecule has 2 rings (SSSR count). The van der Waals surface area contributed by atoms with Gasteiger partial charge in [-0.2, -0.15) is 0 Å². The van der Waals surface area contributed by atoms with Crippen LogP contribution in [-0.2, 0) is 17.9 Å². The number of aromatic nitrogens is 1. The molecule has 0 atom stereocenters. The summed E-state index contributed by atoms with van der Waals surface area (Å²) in [6.45, 7) is 2.09. The Morgan fingerprint density at radius 1 is 1.28 bits per heavy atom. The normalized spacial score (nSPS) is 10.3. The third-order valence-corrected chi connectivity index (χ3v) is 2.82. The van der Waals surface area contributed by atoms with Gasteiger partial charge in [0.05, 0.1) is 6.61 Å². The van der Waals surface area contributed by atoms with Crippen LogP contribution < -0.4 is 5.32 Å². The molecule has 0 aliphatic heterocycles. The first-order valence-corrected chi connectivity index (χ1v) is 5.81. The van der Waals surface area contributed by atoms with Crippen LogP contribution in [0.25, 0.3) is 0 Å². The summed E-state index contributed by atoms with van der Waals surface area (Å²) in [7, 11) is 0. The molecule has 1 aromatic carbocycles. The topological polar surface area (TPSA) is 54.3 Å². The van der Waals surface area contributed by atoms with Crippen LogP contribution >= 0.6 is 0 Å². The molecule has 1 aromatic heterocycles. The van der Waals surface area contributed by atoms with E-state index in [1.165, 1.54) is 0 Å². The van der Waals surface area contributed by atoms with Crippen LogP contribution in [0.2, 0.25) is 0 Å². The number of para-hydroxylation sites is 1. The molecule has 0 saturated carbocycles. The predicted octanol–water partition coefficient (Wildman–Crippen LogP) is 1.93. The van der Waals surface area contributed by atoms with Crippen molar-refractivity contribution < 1.29 is 9.90 Å². The molecule has 1 amide bonds. The number of carbonyl (C=O) groups is 1. The van der Waals surface area contributed by atoms with Crippen molar-refractivity contribution in [1.82, 2.24) is 4.57 Å². The van der Waals surface area contributed by atoms with Crippen molar-refractivity contribution >= 4 is 11.6 Å². The summed E-state index contributed by atoms with van der Waals surface area (Å²) in [6.07, 6.45) is 1.78. The minimum atomic E-state index is -0.102. The van der Waals surface area contributed by atoms with Crippen molar-refractivity contribution in [2.24, 2.45) is 0 Å². The zero-order valence-electron chi connectivity index (χ0n) is 10.3. The third-order valence-electron chi connectivity index (χ3n) is 2.82. The van der Waals surface area contributed by atoms with Crippen molar-refractivity contribution in [3.8, 4) is 0 Å². The van der Waals surface area contributed by atoms with E-state index in [9.17, 15) is 4.79 Å². The number of amides is 1. The molecular formula is C14H16N2O2. The lowest BCUT2D eigenvalue weighted by atomic mass is 10.2. The molecule has 0 radical (unpaired) electrons. The molecule has 1 heterocycles. The van der Waals surface area contributed by atoms with Crippen LogP contribution in [0.1, 0.15) is 11.3 Å². The Kier molecular flexibility index (Phi) is 3.79. The standard InChI is InChI=1S/C14H16N2O2/c1-11-5-2-3-7-13(11)15-14(18)9-16-8-4-6-12(16)10-17/h2-8,17H,9-10H2,1H3,(H,15,18). The van der Waals surface area contributed by atoms with Crippen LogP contribution in [0.4, 0.5) is 5.69 Å². The number of rotatable bonds is 4. The van der Waals surface area contributed by atoms with Crippen LogP contribution in [0, 0.1) is 6.92 Å². The largest absolute Gasteiger partial charge is 0.390 e. The van der Waals surface area contributed by atoms with E-state index in [4.69, 9.17) is 5.11 Å². The maximum atomic E-state index is 11.9. The molecule has 0 fully saturated rings. The quantitative estimate of drug-likeness (QED) is 0.863. The Morgan fingerprint density at radius 3 is 2.78 bits per heavy atom. The second kappa shape index (κ2) is 5.51. The molecule has 4 heteroatoms. The molecule has 0 unspecified atom stereocenters. The summed E-state index contributed by atoms with van der Waals surface area (Å²) in [5.74, 6) is -0.102. The predicted molar refractivity (Wildman–Crippen MR) is 70.2 cm³/mol. The highest BCUT2D eigenvalue weighted by Gasteiger charge is 2.07. The number of nitrogens with one attached hydrogen (secondary N) is 1. The lowest BCUT2D eigenvalue weighted by Crippen LogP contribution is -2.20. The summed E-state index contributed by atoms with van der Waals surface area (Å²) < 4.78 is 1.73. The Balaban J connectivity index is 2.04. The van der Waals surface area contributed by atoms with Crippen molar-refractivity contribution in [3.63, 3.8) is 0 Å². The zero-order valence-corrected chi connectivity index (χ0v) is 10.3. The van der Waals surface area contributed by atoms with Gasteiger partial charge in [-0.3, -0.25) is 4.79 Å². The fourth-order valence-corrected chi connectivity index (χ4v) is 1.80. The highest BCUT2D eigenvalue weighted by Crippen LogP contribution is 2.13. The maximum absolute atomic E-state index is 11.9. The Hall–Kier alpha value is -2.07. The second-order valence-electron chi connectivity index (χ2n) is 4.15. The molecule has 94 valence electrons. The summed E-state index contributed by atoms with van der Waals surface area (Å²) in [4.78, 5) is 11.9. The lowest BCUT2D eigenvalue weighted by molar-refractivity contribution is -0.116. The summed E-state index contributed by atoms with van der Waals surface area (Å²) in [6, 6.07) is 11.2. The minimum Gasteiger partial charge on any atom is -0.390 e. The monoisotopic (exact) mass is 244 g/mol. The average Bonchev–Trinajstić information content (AvgIpc) is 2.79. The van der Waals surface area contributed by atoms with E-state index in [1.807, 2.05) is 37.3 Å². The number of benzene rings is 1. The number of hydrogen-bond donors (Lipinski definition) is 2. The second-order valence-corrected chi connectivity index (χ2v) is 4.15. The molecule has 0 bridgehead atoms. The summed E-state index contributed by atoms with van der Waals surface area (Å²) in [5, 5.41) is 12.0. The number of aryl methyl sites for hydroxylation is 1. The number of aliphatic hydroxyl groups is 1. The fourth-order valence-electron chi connectivity index (χ4n) is 1.80. The van der Waals surface area contributed by atoms with Crippen molar-refractivity contribution in [2.45, 2.75) is 20.1 Å². The molecule has 2 aromatic rings. The van der Waals surface area contributed by atoms with Gasteiger partial charge in [0, 0.05) is 17.6 Å². The smallest absolute Gasteiger partial charge is 0.244 e. The highest BCUT2D eigenvalue weighted by molar-refractivity contribution is 5.91. The number of hydrogen-bond acceptors (Lipinski definition) is 2. The molecule has 18 heavy (non-hydrogen) atoms. The van der Waals surface area contributed by atoms with Crippen molar-refractivity contribution in [2.75, 3.05) is 5.32 Å². The van der Waals surface area contributed by atoms with E-state index in [1.54, 1.807) is 16.8 Å². The Labute approximate surface area is 106 Å². The zero-order chi connectivity index (χ0) is 13.0. The van der Waals surface area contributed by atoms with E-state index < -0.39 is 0 Å².